The topological polar surface area (TPSA) is 122 Å². The highest BCUT2D eigenvalue weighted by atomic mass is 35.5. The summed E-state index contributed by atoms with van der Waals surface area (Å²) in [4.78, 5) is 19.7. The van der Waals surface area contributed by atoms with Gasteiger partial charge in [-0.05, 0) is 60.9 Å². The third-order valence-corrected chi connectivity index (χ3v) is 6.57. The average molecular weight is 510 g/mol. The molecule has 0 amide bonds. The van der Waals surface area contributed by atoms with Crippen LogP contribution in [-0.4, -0.2) is 33.6 Å². The summed E-state index contributed by atoms with van der Waals surface area (Å²) in [5.74, 6) is 1.49. The van der Waals surface area contributed by atoms with Crippen molar-refractivity contribution < 1.29 is 28.7 Å². The maximum Gasteiger partial charge on any atom is 0.469 e. The van der Waals surface area contributed by atoms with E-state index in [-0.39, 0.29) is 6.42 Å². The molecule has 0 spiro atoms. The Hall–Kier alpha value is -1.87. The Morgan fingerprint density at radius 2 is 1.67 bits per heavy atom. The highest BCUT2D eigenvalue weighted by Gasteiger charge is 2.28. The lowest BCUT2D eigenvalue weighted by Crippen LogP contribution is -2.48. The number of ether oxygens (including phenoxy) is 1. The number of hydrogen-bond donors (Lipinski definition) is 4. The van der Waals surface area contributed by atoms with Crippen LogP contribution >= 0.6 is 31.2 Å². The number of hydrogen-bond acceptors (Lipinski definition) is 6. The summed E-state index contributed by atoms with van der Waals surface area (Å²) in [6.45, 7) is -0.958. The van der Waals surface area contributed by atoms with Crippen molar-refractivity contribution in [2.45, 2.75) is 28.2 Å². The van der Waals surface area contributed by atoms with Crippen LogP contribution < -0.4 is 10.5 Å². The number of halogens is 1. The van der Waals surface area contributed by atoms with Crippen molar-refractivity contribution in [1.82, 2.24) is 0 Å². The van der Waals surface area contributed by atoms with Crippen LogP contribution in [0.3, 0.4) is 0 Å². The van der Waals surface area contributed by atoms with E-state index >= 15 is 0 Å². The Balaban J connectivity index is 1.62. The van der Waals surface area contributed by atoms with Crippen molar-refractivity contribution in [2.24, 2.45) is 5.73 Å². The van der Waals surface area contributed by atoms with E-state index in [2.05, 4.69) is 4.52 Å². The van der Waals surface area contributed by atoms with Gasteiger partial charge in [0.15, 0.2) is 0 Å². The zero-order chi connectivity index (χ0) is 23.9. The van der Waals surface area contributed by atoms with E-state index in [4.69, 9.17) is 31.9 Å². The minimum Gasteiger partial charge on any atom is -0.457 e. The first-order chi connectivity index (χ1) is 15.7. The van der Waals surface area contributed by atoms with Crippen LogP contribution in [-0.2, 0) is 15.5 Å². The number of phosphoric acid groups is 1. The molecule has 7 nitrogen and oxygen atoms in total. The van der Waals surface area contributed by atoms with Crippen molar-refractivity contribution in [2.75, 3.05) is 13.2 Å². The highest BCUT2D eigenvalue weighted by molar-refractivity contribution is 7.99. The molecule has 0 aliphatic heterocycles. The molecule has 0 aliphatic carbocycles. The Morgan fingerprint density at radius 3 is 2.33 bits per heavy atom. The first kappa shape index (κ1) is 25.7. The van der Waals surface area contributed by atoms with Gasteiger partial charge in [-0.3, -0.25) is 4.52 Å². The van der Waals surface area contributed by atoms with Crippen molar-refractivity contribution >= 4 is 31.2 Å². The van der Waals surface area contributed by atoms with Gasteiger partial charge in [-0.2, -0.15) is 0 Å². The van der Waals surface area contributed by atoms with Crippen LogP contribution in [0.2, 0.25) is 5.02 Å². The third kappa shape index (κ3) is 8.45. The van der Waals surface area contributed by atoms with Gasteiger partial charge in [-0.15, -0.1) is 0 Å². The summed E-state index contributed by atoms with van der Waals surface area (Å²) in [6, 6.07) is 22.9. The predicted molar refractivity (Wildman–Crippen MR) is 129 cm³/mol. The van der Waals surface area contributed by atoms with Gasteiger partial charge in [0.2, 0.25) is 0 Å². The molecule has 1 unspecified atom stereocenters. The van der Waals surface area contributed by atoms with Gasteiger partial charge in [0.25, 0.3) is 0 Å². The summed E-state index contributed by atoms with van der Waals surface area (Å²) < 4.78 is 21.3. The van der Waals surface area contributed by atoms with Crippen molar-refractivity contribution in [1.29, 1.82) is 0 Å². The summed E-state index contributed by atoms with van der Waals surface area (Å²) in [6.07, 6.45) is 0.639. The molecule has 0 bridgehead atoms. The first-order valence-electron chi connectivity index (χ1n) is 10.0. The minimum atomic E-state index is -4.67. The van der Waals surface area contributed by atoms with E-state index in [1.165, 1.54) is 11.8 Å². The molecule has 0 heterocycles. The molecule has 0 radical (unpaired) electrons. The quantitative estimate of drug-likeness (QED) is 0.266. The maximum absolute atomic E-state index is 10.9. The molecule has 10 heteroatoms. The Morgan fingerprint density at radius 1 is 0.970 bits per heavy atom. The molecular weight excluding hydrogens is 485 g/mol. The second kappa shape index (κ2) is 11.5. The number of phosphoric ester groups is 1. The summed E-state index contributed by atoms with van der Waals surface area (Å²) in [7, 11) is -4.67. The molecule has 3 aromatic rings. The van der Waals surface area contributed by atoms with Gasteiger partial charge >= 0.3 is 7.82 Å². The van der Waals surface area contributed by atoms with Crippen LogP contribution in [0, 0.1) is 0 Å². The van der Waals surface area contributed by atoms with Crippen molar-refractivity contribution in [3.8, 4) is 11.5 Å². The zero-order valence-corrected chi connectivity index (χ0v) is 20.1. The SMILES string of the molecule is NC(CO)(CCc1ccc(Sc2cccc(Oc3ccccc3)c2)cc1Cl)COP(=O)(O)O. The monoisotopic (exact) mass is 509 g/mol. The summed E-state index contributed by atoms with van der Waals surface area (Å²) in [5, 5.41) is 10.1. The molecular formula is C23H25ClNO6PS. The lowest BCUT2D eigenvalue weighted by molar-refractivity contribution is 0.102. The largest absolute Gasteiger partial charge is 0.469 e. The number of para-hydroxylation sites is 1. The maximum atomic E-state index is 10.9. The Labute approximate surface area is 201 Å². The van der Waals surface area contributed by atoms with E-state index < -0.39 is 26.6 Å². The molecule has 1 atom stereocenters. The molecule has 0 saturated carbocycles. The van der Waals surface area contributed by atoms with E-state index in [1.807, 2.05) is 72.8 Å². The lowest BCUT2D eigenvalue weighted by Gasteiger charge is -2.27. The van der Waals surface area contributed by atoms with E-state index in [1.54, 1.807) is 0 Å². The van der Waals surface area contributed by atoms with Gasteiger partial charge in [-0.25, -0.2) is 4.57 Å². The molecule has 3 aromatic carbocycles. The zero-order valence-electron chi connectivity index (χ0n) is 17.6. The van der Waals surface area contributed by atoms with Crippen molar-refractivity contribution in [3.05, 3.63) is 83.4 Å². The standard InChI is InChI=1S/C23H25ClNO6PS/c24-22-14-21(10-9-17(22)11-12-23(25,15-26)16-30-32(27,28)29)33-20-8-4-7-19(13-20)31-18-5-2-1-3-6-18/h1-10,13-14,26H,11-12,15-16,25H2,(H2,27,28,29). The highest BCUT2D eigenvalue weighted by Crippen LogP contribution is 2.37. The van der Waals surface area contributed by atoms with Gasteiger partial charge in [0.05, 0.1) is 18.8 Å². The number of rotatable bonds is 11. The molecule has 0 aromatic heterocycles. The van der Waals surface area contributed by atoms with Crippen LogP contribution in [0.25, 0.3) is 0 Å². The Kier molecular flexibility index (Phi) is 8.98. The smallest absolute Gasteiger partial charge is 0.457 e. The molecule has 0 saturated heterocycles. The molecule has 33 heavy (non-hydrogen) atoms. The van der Waals surface area contributed by atoms with Gasteiger partial charge in [-0.1, -0.05) is 53.7 Å². The van der Waals surface area contributed by atoms with Crippen LogP contribution in [0.15, 0.2) is 82.6 Å². The summed E-state index contributed by atoms with van der Waals surface area (Å²) >= 11 is 8.00. The van der Waals surface area contributed by atoms with E-state index in [0.717, 1.165) is 26.9 Å². The van der Waals surface area contributed by atoms with Crippen LogP contribution in [0.4, 0.5) is 0 Å². The fourth-order valence-corrected chi connectivity index (χ4v) is 4.62. The average Bonchev–Trinajstić information content (AvgIpc) is 2.78. The minimum absolute atomic E-state index is 0.231. The fourth-order valence-electron chi connectivity index (χ4n) is 2.95. The number of aliphatic hydroxyl groups excluding tert-OH is 1. The predicted octanol–water partition coefficient (Wildman–Crippen LogP) is 5.02. The molecule has 3 rings (SSSR count). The number of benzene rings is 3. The molecule has 5 N–H and O–H groups in total. The van der Waals surface area contributed by atoms with Gasteiger partial charge in [0.1, 0.15) is 11.5 Å². The first-order valence-corrected chi connectivity index (χ1v) is 12.8. The van der Waals surface area contributed by atoms with E-state index in [9.17, 15) is 9.67 Å². The molecule has 0 aliphatic rings. The fraction of sp³-hybridized carbons (Fsp3) is 0.217. The van der Waals surface area contributed by atoms with Crippen LogP contribution in [0.5, 0.6) is 11.5 Å². The third-order valence-electron chi connectivity index (χ3n) is 4.77. The molecule has 0 fully saturated rings. The lowest BCUT2D eigenvalue weighted by atomic mass is 9.94. The van der Waals surface area contributed by atoms with Gasteiger partial charge in [0, 0.05) is 14.8 Å². The van der Waals surface area contributed by atoms with Crippen molar-refractivity contribution in [3.63, 3.8) is 0 Å². The molecule has 176 valence electrons. The number of aryl methyl sites for hydroxylation is 1. The Bertz CT molecular complexity index is 1110. The second-order valence-corrected chi connectivity index (χ2v) is 10.3. The number of aliphatic hydroxyl groups is 1. The second-order valence-electron chi connectivity index (χ2n) is 7.53. The van der Waals surface area contributed by atoms with Crippen LogP contribution in [0.1, 0.15) is 12.0 Å². The summed E-state index contributed by atoms with van der Waals surface area (Å²) in [5.41, 5.74) is 5.54. The van der Waals surface area contributed by atoms with Gasteiger partial charge < -0.3 is 25.4 Å². The number of nitrogens with two attached hydrogens (primary N) is 1. The van der Waals surface area contributed by atoms with E-state index in [0.29, 0.717) is 11.4 Å². The normalized spacial score (nSPS) is 13.5.